The monoisotopic (exact) mass is 416 g/mol. The molecule has 7 nitrogen and oxygen atoms in total. The van der Waals surface area contributed by atoms with Gasteiger partial charge in [0.05, 0.1) is 16.3 Å². The Morgan fingerprint density at radius 2 is 1.76 bits per heavy atom. The number of nitro groups is 1. The summed E-state index contributed by atoms with van der Waals surface area (Å²) in [6.07, 6.45) is 14.6. The lowest BCUT2D eigenvalue weighted by Crippen LogP contribution is -2.48. The summed E-state index contributed by atoms with van der Waals surface area (Å²) < 4.78 is 1.55. The van der Waals surface area contributed by atoms with Crippen LogP contribution in [0.25, 0.3) is 0 Å². The Morgan fingerprint density at radius 1 is 1.14 bits per heavy atom. The van der Waals surface area contributed by atoms with Gasteiger partial charge >= 0.3 is 5.69 Å². The first-order valence-electron chi connectivity index (χ1n) is 10.7. The zero-order valence-corrected chi connectivity index (χ0v) is 17.5. The van der Waals surface area contributed by atoms with Crippen LogP contribution in [0.1, 0.15) is 79.4 Å². The molecule has 0 bridgehead atoms. The molecule has 0 saturated heterocycles. The number of amides is 1. The molecule has 156 valence electrons. The summed E-state index contributed by atoms with van der Waals surface area (Å²) in [7, 11) is 0. The Labute approximate surface area is 174 Å². The van der Waals surface area contributed by atoms with Gasteiger partial charge in [-0.1, -0.05) is 38.5 Å². The number of carbonyl (C=O) groups excluding carboxylic acids is 1. The van der Waals surface area contributed by atoms with E-state index in [1.54, 1.807) is 4.68 Å². The average Bonchev–Trinajstić information content (AvgIpc) is 3.40. The van der Waals surface area contributed by atoms with Gasteiger partial charge in [-0.3, -0.25) is 19.6 Å². The van der Waals surface area contributed by atoms with Crippen molar-refractivity contribution in [3.05, 3.63) is 44.4 Å². The number of thiophene rings is 1. The number of rotatable bonds is 6. The van der Waals surface area contributed by atoms with Crippen molar-refractivity contribution in [2.45, 2.75) is 82.8 Å². The van der Waals surface area contributed by atoms with Gasteiger partial charge in [0.1, 0.15) is 12.4 Å². The maximum absolute atomic E-state index is 13.5. The van der Waals surface area contributed by atoms with Crippen molar-refractivity contribution in [3.63, 3.8) is 0 Å². The van der Waals surface area contributed by atoms with E-state index in [1.165, 1.54) is 62.3 Å². The minimum absolute atomic E-state index is 0.0164. The molecule has 29 heavy (non-hydrogen) atoms. The van der Waals surface area contributed by atoms with Gasteiger partial charge < -0.3 is 4.90 Å². The van der Waals surface area contributed by atoms with E-state index >= 15 is 0 Å². The minimum atomic E-state index is -0.446. The van der Waals surface area contributed by atoms with E-state index in [9.17, 15) is 14.9 Å². The van der Waals surface area contributed by atoms with Crippen LogP contribution >= 0.6 is 11.3 Å². The summed E-state index contributed by atoms with van der Waals surface area (Å²) in [5.41, 5.74) is 0.945. The third-order valence-electron chi connectivity index (χ3n) is 6.21. The molecule has 2 saturated carbocycles. The molecular formula is C21H28N4O3S. The van der Waals surface area contributed by atoms with Gasteiger partial charge in [0, 0.05) is 12.1 Å². The maximum Gasteiger partial charge on any atom is 0.307 e. The summed E-state index contributed by atoms with van der Waals surface area (Å²) in [5, 5.41) is 16.9. The second-order valence-corrected chi connectivity index (χ2v) is 9.18. The molecule has 2 aromatic rings. The van der Waals surface area contributed by atoms with Gasteiger partial charge in [-0.25, -0.2) is 0 Å². The Hall–Kier alpha value is -2.22. The second kappa shape index (κ2) is 9.07. The van der Waals surface area contributed by atoms with Crippen LogP contribution in [0.15, 0.2) is 23.8 Å². The Kier molecular flexibility index (Phi) is 6.28. The van der Waals surface area contributed by atoms with Gasteiger partial charge in [0.25, 0.3) is 5.91 Å². The third kappa shape index (κ3) is 4.69. The van der Waals surface area contributed by atoms with Gasteiger partial charge in [-0.15, -0.1) is 11.3 Å². The molecular weight excluding hydrogens is 388 g/mol. The van der Waals surface area contributed by atoms with E-state index in [0.717, 1.165) is 36.1 Å². The highest BCUT2D eigenvalue weighted by molar-refractivity contribution is 7.12. The van der Waals surface area contributed by atoms with E-state index in [4.69, 9.17) is 0 Å². The molecule has 0 spiro atoms. The van der Waals surface area contributed by atoms with Crippen LogP contribution in [0.4, 0.5) is 5.69 Å². The third-order valence-corrected chi connectivity index (χ3v) is 7.18. The molecule has 2 aliphatic rings. The quantitative estimate of drug-likeness (QED) is 0.490. The summed E-state index contributed by atoms with van der Waals surface area (Å²) in [5.74, 6) is 0.173. The van der Waals surface area contributed by atoms with Crippen molar-refractivity contribution >= 4 is 22.9 Å². The molecule has 2 aromatic heterocycles. The highest BCUT2D eigenvalue weighted by atomic mass is 32.1. The summed E-state index contributed by atoms with van der Waals surface area (Å²) in [6, 6.07) is 2.69. The van der Waals surface area contributed by atoms with Crippen LogP contribution in [0.5, 0.6) is 0 Å². The van der Waals surface area contributed by atoms with Crippen LogP contribution < -0.4 is 0 Å². The maximum atomic E-state index is 13.5. The van der Waals surface area contributed by atoms with Gasteiger partial charge in [0.2, 0.25) is 0 Å². The fourth-order valence-electron chi connectivity index (χ4n) is 4.77. The zero-order valence-electron chi connectivity index (χ0n) is 16.7. The Bertz CT molecular complexity index is 832. The normalized spacial score (nSPS) is 18.6. The van der Waals surface area contributed by atoms with Crippen LogP contribution in [-0.2, 0) is 6.54 Å². The Morgan fingerprint density at radius 3 is 2.31 bits per heavy atom. The van der Waals surface area contributed by atoms with Crippen molar-refractivity contribution in [1.29, 1.82) is 0 Å². The van der Waals surface area contributed by atoms with Crippen LogP contribution in [0.3, 0.4) is 0 Å². The fraction of sp³-hybridized carbons (Fsp3) is 0.619. The van der Waals surface area contributed by atoms with Crippen molar-refractivity contribution < 1.29 is 9.72 Å². The second-order valence-electron chi connectivity index (χ2n) is 8.27. The number of hydrogen-bond acceptors (Lipinski definition) is 5. The molecule has 0 radical (unpaired) electrons. The summed E-state index contributed by atoms with van der Waals surface area (Å²) in [6.45, 7) is 0.435. The first kappa shape index (κ1) is 20.1. The van der Waals surface area contributed by atoms with E-state index in [0.29, 0.717) is 18.6 Å². The predicted molar refractivity (Wildman–Crippen MR) is 112 cm³/mol. The number of carbonyl (C=O) groups is 1. The molecule has 0 N–H and O–H groups in total. The molecule has 2 fully saturated rings. The minimum Gasteiger partial charge on any atom is -0.332 e. The standard InChI is InChI=1S/C21H28N4O3S/c26-21(24(17-7-3-1-4-8-17)18-9-5-2-6-10-18)20-11-16(15-29-20)13-23-14-19(12-22-23)25(27)28/h11-12,14-15,17-18H,1-10,13H2. The molecule has 0 aliphatic heterocycles. The number of hydrogen-bond donors (Lipinski definition) is 0. The molecule has 8 heteroatoms. The first-order chi connectivity index (χ1) is 14.1. The largest absolute Gasteiger partial charge is 0.332 e. The van der Waals surface area contributed by atoms with Crippen molar-refractivity contribution in [3.8, 4) is 0 Å². The smallest absolute Gasteiger partial charge is 0.307 e. The fourth-order valence-corrected chi connectivity index (χ4v) is 5.61. The van der Waals surface area contributed by atoms with Crippen molar-refractivity contribution in [2.75, 3.05) is 0 Å². The molecule has 2 aliphatic carbocycles. The molecule has 4 rings (SSSR count). The number of nitrogens with zero attached hydrogens (tertiary/aromatic N) is 4. The molecule has 1 amide bonds. The first-order valence-corrected chi connectivity index (χ1v) is 11.6. The van der Waals surface area contributed by atoms with Crippen LogP contribution in [0, 0.1) is 10.1 Å². The van der Waals surface area contributed by atoms with Crippen molar-refractivity contribution in [2.24, 2.45) is 0 Å². The molecule has 2 heterocycles. The van der Waals surface area contributed by atoms with Crippen molar-refractivity contribution in [1.82, 2.24) is 14.7 Å². The summed E-state index contributed by atoms with van der Waals surface area (Å²) >= 11 is 1.48. The van der Waals surface area contributed by atoms with Gasteiger partial charge in [-0.05, 0) is 42.7 Å². The van der Waals surface area contributed by atoms with Gasteiger partial charge in [-0.2, -0.15) is 5.10 Å². The lowest BCUT2D eigenvalue weighted by molar-refractivity contribution is -0.385. The molecule has 0 atom stereocenters. The SMILES string of the molecule is O=C(c1cc(Cn2cc([N+](=O)[O-])cn2)cs1)N(C1CCCCC1)C1CCCCC1. The van der Waals surface area contributed by atoms with Gasteiger partial charge in [0.15, 0.2) is 0 Å². The average molecular weight is 417 g/mol. The molecule has 0 aromatic carbocycles. The molecule has 0 unspecified atom stereocenters. The Balaban J connectivity index is 1.50. The van der Waals surface area contributed by atoms with Crippen LogP contribution in [-0.4, -0.2) is 37.6 Å². The number of aromatic nitrogens is 2. The predicted octanol–water partition coefficient (Wildman–Crippen LogP) is 5.01. The summed E-state index contributed by atoms with van der Waals surface area (Å²) in [4.78, 5) is 26.9. The highest BCUT2D eigenvalue weighted by Crippen LogP contribution is 2.32. The zero-order chi connectivity index (χ0) is 20.2. The topological polar surface area (TPSA) is 81.3 Å². The van der Waals surface area contributed by atoms with E-state index in [1.807, 2.05) is 11.4 Å². The van der Waals surface area contributed by atoms with Crippen LogP contribution in [0.2, 0.25) is 0 Å². The van der Waals surface area contributed by atoms with E-state index in [-0.39, 0.29) is 11.6 Å². The highest BCUT2D eigenvalue weighted by Gasteiger charge is 2.33. The van der Waals surface area contributed by atoms with E-state index < -0.39 is 4.92 Å². The lowest BCUT2D eigenvalue weighted by Gasteiger charge is -2.41. The van der Waals surface area contributed by atoms with E-state index in [2.05, 4.69) is 10.00 Å². The lowest BCUT2D eigenvalue weighted by atomic mass is 9.88.